The second-order valence-electron chi connectivity index (χ2n) is 17.8. The zero-order valence-electron chi connectivity index (χ0n) is 36.6. The first-order valence-electron chi connectivity index (χ1n) is 23.1. The molecule has 0 radical (unpaired) electrons. The van der Waals surface area contributed by atoms with Crippen molar-refractivity contribution in [2.45, 2.75) is 0 Å². The van der Waals surface area contributed by atoms with Crippen molar-refractivity contribution in [2.24, 2.45) is 0 Å². The molecule has 0 bridgehead atoms. The number of aromatic nitrogens is 2. The van der Waals surface area contributed by atoms with Gasteiger partial charge in [-0.05, 0) is 137 Å². The number of rotatable bonds is 5. The molecule has 0 spiro atoms. The quantitative estimate of drug-likeness (QED) is 0.153. The Morgan fingerprint density at radius 3 is 1.12 bits per heavy atom. The summed E-state index contributed by atoms with van der Waals surface area (Å²) in [4.78, 5) is 0. The van der Waals surface area contributed by atoms with Gasteiger partial charge in [-0.15, -0.1) is 0 Å². The standard InChI is InChI=1S/C64H38F2N2/c65-55-25-7-11-29-59(55)67-57-27-9-5-19-47(57)49-33-31-41(36-61(49)67)43-21-13-23-51-53(43)38-54-44(22-14-24-52(54)64(51)63-45-17-3-1-15-39(45)35-40-16-2-4-18-46(40)63)42-32-34-50-48-20-6-10-28-58(48)68(62(50)37-42)60-30-12-8-26-56(60)66/h1-38H. The van der Waals surface area contributed by atoms with Gasteiger partial charge in [-0.2, -0.15) is 0 Å². The fourth-order valence-corrected chi connectivity index (χ4v) is 11.3. The van der Waals surface area contributed by atoms with Crippen molar-refractivity contribution in [3.8, 4) is 44.8 Å². The smallest absolute Gasteiger partial charge is 0.147 e. The third kappa shape index (κ3) is 5.61. The molecule has 68 heavy (non-hydrogen) atoms. The Bertz CT molecular complexity index is 4140. The van der Waals surface area contributed by atoms with E-state index in [2.05, 4.69) is 167 Å². The summed E-state index contributed by atoms with van der Waals surface area (Å²) in [5.74, 6) is -0.548. The molecule has 0 atom stereocenters. The van der Waals surface area contributed by atoms with E-state index >= 15 is 8.78 Å². The van der Waals surface area contributed by atoms with Gasteiger partial charge in [0.05, 0.1) is 33.4 Å². The lowest BCUT2D eigenvalue weighted by Crippen LogP contribution is -1.97. The van der Waals surface area contributed by atoms with Crippen molar-refractivity contribution in [3.05, 3.63) is 242 Å². The fraction of sp³-hybridized carbons (Fsp3) is 0. The molecule has 4 heteroatoms. The van der Waals surface area contributed by atoms with Gasteiger partial charge >= 0.3 is 0 Å². The SMILES string of the molecule is Fc1ccccc1-n1c2ccccc2c2ccc(-c3cccc4c(-c5c6ccccc6cc6ccccc56)c5cccc(-c6ccc7c8ccccc8n(-c8ccccc8F)c7c6)c5cc34)cc21. The van der Waals surface area contributed by atoms with Crippen LogP contribution in [0.2, 0.25) is 0 Å². The average molecular weight is 873 g/mol. The van der Waals surface area contributed by atoms with Crippen LogP contribution >= 0.6 is 0 Å². The Morgan fingerprint density at radius 1 is 0.250 bits per heavy atom. The van der Waals surface area contributed by atoms with Gasteiger partial charge in [-0.3, -0.25) is 0 Å². The molecular formula is C64H38F2N2. The molecule has 2 aromatic heterocycles. The third-order valence-corrected chi connectivity index (χ3v) is 14.2. The number of nitrogens with zero attached hydrogens (tertiary/aromatic N) is 2. The van der Waals surface area contributed by atoms with Gasteiger partial charge in [-0.1, -0.05) is 170 Å². The van der Waals surface area contributed by atoms with Gasteiger partial charge in [0, 0.05) is 21.5 Å². The van der Waals surface area contributed by atoms with Crippen molar-refractivity contribution in [1.29, 1.82) is 0 Å². The van der Waals surface area contributed by atoms with E-state index in [0.29, 0.717) is 11.4 Å². The van der Waals surface area contributed by atoms with Crippen molar-refractivity contribution < 1.29 is 8.78 Å². The Labute approximate surface area is 389 Å². The Balaban J connectivity index is 1.10. The van der Waals surface area contributed by atoms with E-state index in [0.717, 1.165) is 93.0 Å². The molecule has 14 rings (SSSR count). The summed E-state index contributed by atoms with van der Waals surface area (Å²) in [6.45, 7) is 0. The van der Waals surface area contributed by atoms with Crippen molar-refractivity contribution in [2.75, 3.05) is 0 Å². The van der Waals surface area contributed by atoms with Crippen molar-refractivity contribution >= 4 is 86.7 Å². The first-order chi connectivity index (χ1) is 33.6. The predicted molar refractivity (Wildman–Crippen MR) is 281 cm³/mol. The number of para-hydroxylation sites is 4. The van der Waals surface area contributed by atoms with Crippen LogP contribution in [0.15, 0.2) is 231 Å². The van der Waals surface area contributed by atoms with Crippen molar-refractivity contribution in [1.82, 2.24) is 9.13 Å². The number of fused-ring (bicyclic) bond motifs is 10. The topological polar surface area (TPSA) is 9.86 Å². The molecule has 0 saturated carbocycles. The summed E-state index contributed by atoms with van der Waals surface area (Å²) in [5.41, 5.74) is 11.4. The summed E-state index contributed by atoms with van der Waals surface area (Å²) in [6, 6.07) is 79.3. The summed E-state index contributed by atoms with van der Waals surface area (Å²) in [6.07, 6.45) is 0. The van der Waals surface area contributed by atoms with Crippen LogP contribution in [0.1, 0.15) is 0 Å². The molecule has 318 valence electrons. The minimum atomic E-state index is -0.274. The third-order valence-electron chi connectivity index (χ3n) is 14.2. The van der Waals surface area contributed by atoms with E-state index in [4.69, 9.17) is 0 Å². The molecule has 0 N–H and O–H groups in total. The number of hydrogen-bond donors (Lipinski definition) is 0. The molecule has 0 amide bonds. The van der Waals surface area contributed by atoms with E-state index in [-0.39, 0.29) is 11.6 Å². The molecule has 0 saturated heterocycles. The van der Waals surface area contributed by atoms with Crippen LogP contribution in [0.3, 0.4) is 0 Å². The highest BCUT2D eigenvalue weighted by atomic mass is 19.1. The zero-order chi connectivity index (χ0) is 45.0. The van der Waals surface area contributed by atoms with E-state index in [1.807, 2.05) is 48.5 Å². The van der Waals surface area contributed by atoms with Gasteiger partial charge in [0.2, 0.25) is 0 Å². The molecule has 0 fully saturated rings. The molecule has 0 unspecified atom stereocenters. The van der Waals surface area contributed by atoms with E-state index < -0.39 is 0 Å². The maximum Gasteiger partial charge on any atom is 0.147 e. The Hall–Kier alpha value is -8.86. The largest absolute Gasteiger partial charge is 0.306 e. The van der Waals surface area contributed by atoms with E-state index in [9.17, 15) is 0 Å². The molecule has 0 aliphatic heterocycles. The molecule has 12 aromatic carbocycles. The molecule has 2 nitrogen and oxygen atoms in total. The number of halogens is 2. The van der Waals surface area contributed by atoms with Crippen LogP contribution in [0.4, 0.5) is 8.78 Å². The van der Waals surface area contributed by atoms with Gasteiger partial charge in [-0.25, -0.2) is 8.78 Å². The molecular weight excluding hydrogens is 835 g/mol. The lowest BCUT2D eigenvalue weighted by atomic mass is 9.83. The van der Waals surface area contributed by atoms with E-state index in [1.165, 1.54) is 39.2 Å². The predicted octanol–water partition coefficient (Wildman–Crippen LogP) is 17.8. The second-order valence-corrected chi connectivity index (χ2v) is 17.8. The highest BCUT2D eigenvalue weighted by Gasteiger charge is 2.22. The highest BCUT2D eigenvalue weighted by molar-refractivity contribution is 6.26. The number of hydrogen-bond acceptors (Lipinski definition) is 0. The van der Waals surface area contributed by atoms with Crippen LogP contribution in [0.25, 0.3) is 131 Å². The molecule has 14 aromatic rings. The minimum absolute atomic E-state index is 0.274. The van der Waals surface area contributed by atoms with Crippen molar-refractivity contribution in [3.63, 3.8) is 0 Å². The van der Waals surface area contributed by atoms with Crippen LogP contribution in [0, 0.1) is 11.6 Å². The van der Waals surface area contributed by atoms with Crippen LogP contribution in [-0.4, -0.2) is 9.13 Å². The van der Waals surface area contributed by atoms with Gasteiger partial charge in [0.25, 0.3) is 0 Å². The summed E-state index contributed by atoms with van der Waals surface area (Å²) < 4.78 is 35.8. The Kier molecular flexibility index (Phi) is 8.38. The summed E-state index contributed by atoms with van der Waals surface area (Å²) >= 11 is 0. The minimum Gasteiger partial charge on any atom is -0.306 e. The zero-order valence-corrected chi connectivity index (χ0v) is 36.6. The first-order valence-corrected chi connectivity index (χ1v) is 23.1. The first kappa shape index (κ1) is 38.4. The fourth-order valence-electron chi connectivity index (χ4n) is 11.3. The lowest BCUT2D eigenvalue weighted by molar-refractivity contribution is 0.620. The number of benzene rings is 12. The van der Waals surface area contributed by atoms with Crippen LogP contribution in [0.5, 0.6) is 0 Å². The summed E-state index contributed by atoms with van der Waals surface area (Å²) in [5, 5.41) is 13.5. The molecule has 0 aliphatic rings. The van der Waals surface area contributed by atoms with E-state index in [1.54, 1.807) is 12.1 Å². The molecule has 2 heterocycles. The normalized spacial score (nSPS) is 12.0. The summed E-state index contributed by atoms with van der Waals surface area (Å²) in [7, 11) is 0. The van der Waals surface area contributed by atoms with Gasteiger partial charge in [0.1, 0.15) is 11.6 Å². The van der Waals surface area contributed by atoms with Gasteiger partial charge < -0.3 is 9.13 Å². The monoisotopic (exact) mass is 872 g/mol. The molecule has 0 aliphatic carbocycles. The van der Waals surface area contributed by atoms with Crippen LogP contribution < -0.4 is 0 Å². The van der Waals surface area contributed by atoms with Crippen LogP contribution in [-0.2, 0) is 0 Å². The highest BCUT2D eigenvalue weighted by Crippen LogP contribution is 2.48. The average Bonchev–Trinajstić information content (AvgIpc) is 3.89. The second kappa shape index (κ2) is 14.8. The maximum atomic E-state index is 15.8. The van der Waals surface area contributed by atoms with Gasteiger partial charge in [0.15, 0.2) is 0 Å². The Morgan fingerprint density at radius 2 is 0.632 bits per heavy atom. The maximum absolute atomic E-state index is 15.8. The lowest BCUT2D eigenvalue weighted by Gasteiger charge is -2.20.